The van der Waals surface area contributed by atoms with E-state index in [1.165, 1.54) is 18.3 Å². The normalized spacial score (nSPS) is 17.1. The van der Waals surface area contributed by atoms with Gasteiger partial charge in [-0.1, -0.05) is 0 Å². The second-order valence-corrected chi connectivity index (χ2v) is 8.76. The van der Waals surface area contributed by atoms with Crippen molar-refractivity contribution in [2.45, 2.75) is 44.4 Å². The topological polar surface area (TPSA) is 87.3 Å². The lowest BCUT2D eigenvalue weighted by molar-refractivity contribution is -0.274. The fourth-order valence-electron chi connectivity index (χ4n) is 4.91. The highest BCUT2D eigenvalue weighted by Crippen LogP contribution is 2.40. The van der Waals surface area contributed by atoms with Crippen molar-refractivity contribution < 1.29 is 31.9 Å². The van der Waals surface area contributed by atoms with Crippen LogP contribution in [0.2, 0.25) is 0 Å². The number of aromatic amines is 1. The lowest BCUT2D eigenvalue weighted by Gasteiger charge is -2.32. The number of hydrogen-bond acceptors (Lipinski definition) is 4. The number of hydrogen-bond donors (Lipinski definition) is 2. The summed E-state index contributed by atoms with van der Waals surface area (Å²) in [6.45, 7) is 0.707. The van der Waals surface area contributed by atoms with E-state index in [0.717, 1.165) is 17.8 Å². The molecule has 0 aliphatic carbocycles. The third kappa shape index (κ3) is 4.67. The Morgan fingerprint density at radius 1 is 1.11 bits per heavy atom. The highest BCUT2D eigenvalue weighted by Gasteiger charge is 2.32. The lowest BCUT2D eigenvalue weighted by Crippen LogP contribution is -2.38. The maximum atomic E-state index is 15.1. The van der Waals surface area contributed by atoms with Gasteiger partial charge in [0.2, 0.25) is 5.91 Å². The molecule has 1 fully saturated rings. The lowest BCUT2D eigenvalue weighted by atomic mass is 9.87. The smallest absolute Gasteiger partial charge is 0.406 e. The van der Waals surface area contributed by atoms with Gasteiger partial charge in [0.15, 0.2) is 0 Å². The van der Waals surface area contributed by atoms with Crippen LogP contribution in [0.25, 0.3) is 11.0 Å². The minimum Gasteiger partial charge on any atom is -0.406 e. The second-order valence-electron chi connectivity index (χ2n) is 8.76. The van der Waals surface area contributed by atoms with E-state index in [-0.39, 0.29) is 23.3 Å². The van der Waals surface area contributed by atoms with Crippen LogP contribution in [0.5, 0.6) is 5.75 Å². The number of carbonyl (C=O) groups excluding carboxylic acids is 2. The average molecular weight is 490 g/mol. The van der Waals surface area contributed by atoms with Crippen molar-refractivity contribution in [3.63, 3.8) is 0 Å². The zero-order valence-electron chi connectivity index (χ0n) is 18.5. The van der Waals surface area contributed by atoms with Crippen LogP contribution in [0.15, 0.2) is 30.5 Å². The van der Waals surface area contributed by atoms with Crippen LogP contribution < -0.4 is 10.1 Å². The van der Waals surface area contributed by atoms with Gasteiger partial charge in [-0.3, -0.25) is 9.59 Å². The van der Waals surface area contributed by atoms with Gasteiger partial charge in [0.25, 0.3) is 5.91 Å². The zero-order chi connectivity index (χ0) is 24.7. The maximum Gasteiger partial charge on any atom is 0.573 e. The van der Waals surface area contributed by atoms with E-state index in [9.17, 15) is 22.8 Å². The molecule has 1 saturated heterocycles. The van der Waals surface area contributed by atoms with E-state index in [2.05, 4.69) is 20.0 Å². The number of rotatable bonds is 3. The number of carbonyl (C=O) groups is 2. The van der Waals surface area contributed by atoms with Crippen LogP contribution in [0, 0.1) is 5.82 Å². The third-order valence-corrected chi connectivity index (χ3v) is 6.51. The van der Waals surface area contributed by atoms with Gasteiger partial charge in [0.1, 0.15) is 17.2 Å². The van der Waals surface area contributed by atoms with Gasteiger partial charge in [0, 0.05) is 41.7 Å². The molecule has 0 spiro atoms. The minimum absolute atomic E-state index is 0.119. The second kappa shape index (κ2) is 8.86. The van der Waals surface area contributed by atoms with Gasteiger partial charge in [-0.25, -0.2) is 9.37 Å². The molecule has 2 amide bonds. The summed E-state index contributed by atoms with van der Waals surface area (Å²) in [4.78, 5) is 34.0. The number of amides is 2. The first kappa shape index (κ1) is 23.1. The largest absolute Gasteiger partial charge is 0.573 e. The molecule has 5 rings (SSSR count). The molecular formula is C24H22F4N4O3. The molecule has 184 valence electrons. The van der Waals surface area contributed by atoms with Gasteiger partial charge >= 0.3 is 6.36 Å². The Labute approximate surface area is 197 Å². The molecule has 35 heavy (non-hydrogen) atoms. The Kier molecular flexibility index (Phi) is 5.86. The van der Waals surface area contributed by atoms with Gasteiger partial charge < -0.3 is 19.9 Å². The minimum atomic E-state index is -4.80. The molecular weight excluding hydrogens is 468 g/mol. The number of anilines is 1. The highest BCUT2D eigenvalue weighted by molar-refractivity contribution is 6.04. The molecule has 7 nitrogen and oxygen atoms in total. The number of benzene rings is 1. The Bertz CT molecular complexity index is 1280. The molecule has 2 N–H and O–H groups in total. The first-order chi connectivity index (χ1) is 16.7. The number of aryl methyl sites for hydroxylation is 1. The number of aromatic nitrogens is 2. The number of halogens is 4. The summed E-state index contributed by atoms with van der Waals surface area (Å²) in [7, 11) is 0. The molecule has 2 aromatic heterocycles. The fraction of sp³-hybridized carbons (Fsp3) is 0.375. The van der Waals surface area contributed by atoms with Crippen molar-refractivity contribution in [2.24, 2.45) is 0 Å². The highest BCUT2D eigenvalue weighted by atomic mass is 19.4. The van der Waals surface area contributed by atoms with Crippen molar-refractivity contribution in [2.75, 3.05) is 18.4 Å². The van der Waals surface area contributed by atoms with Crippen LogP contribution in [-0.2, 0) is 11.2 Å². The monoisotopic (exact) mass is 490 g/mol. The van der Waals surface area contributed by atoms with E-state index in [4.69, 9.17) is 0 Å². The van der Waals surface area contributed by atoms with E-state index in [1.54, 1.807) is 4.90 Å². The van der Waals surface area contributed by atoms with E-state index in [0.29, 0.717) is 67.5 Å². The summed E-state index contributed by atoms with van der Waals surface area (Å²) in [5.74, 6) is -1.48. The van der Waals surface area contributed by atoms with Gasteiger partial charge in [0.05, 0.1) is 11.9 Å². The predicted octanol–water partition coefficient (Wildman–Crippen LogP) is 4.90. The molecule has 0 atom stereocenters. The molecule has 0 radical (unpaired) electrons. The number of pyridine rings is 1. The molecule has 0 saturated carbocycles. The van der Waals surface area contributed by atoms with Crippen LogP contribution in [0.3, 0.4) is 0 Å². The molecule has 2 aliphatic rings. The molecule has 0 bridgehead atoms. The number of fused-ring (bicyclic) bond motifs is 3. The van der Waals surface area contributed by atoms with Crippen LogP contribution >= 0.6 is 0 Å². The standard InChI is InChI=1S/C24H22F4N4O3/c25-16-12-29-22-20(21-17(30-22)2-1-3-18(33)31-21)19(16)13-8-10-32(11-9-13)23(34)14-4-6-15(7-5-14)35-24(26,27)28/h4-7,12-13H,1-3,8-11H2,(H,29,30)(H,31,33). The number of nitrogens with zero attached hydrogens (tertiary/aromatic N) is 2. The van der Waals surface area contributed by atoms with E-state index >= 15 is 4.39 Å². The van der Waals surface area contributed by atoms with Gasteiger partial charge in [-0.15, -0.1) is 13.2 Å². The maximum absolute atomic E-state index is 15.1. The number of alkyl halides is 3. The first-order valence-corrected chi connectivity index (χ1v) is 11.3. The molecule has 4 heterocycles. The first-order valence-electron chi connectivity index (χ1n) is 11.3. The van der Waals surface area contributed by atoms with Gasteiger partial charge in [-0.2, -0.15) is 0 Å². The van der Waals surface area contributed by atoms with E-state index in [1.807, 2.05) is 0 Å². The molecule has 0 unspecified atom stereocenters. The summed E-state index contributed by atoms with van der Waals surface area (Å²) in [6.07, 6.45) is -0.903. The number of ether oxygens (including phenoxy) is 1. The SMILES string of the molecule is O=C1CCCc2[nH]c3ncc(F)c(C4CCN(C(=O)c5ccc(OC(F)(F)F)cc5)CC4)c3c2N1. The third-order valence-electron chi connectivity index (χ3n) is 6.51. The van der Waals surface area contributed by atoms with Crippen molar-refractivity contribution >= 4 is 28.5 Å². The number of likely N-dealkylation sites (tertiary alicyclic amines) is 1. The number of piperidine rings is 1. The van der Waals surface area contributed by atoms with Crippen LogP contribution in [0.4, 0.5) is 23.2 Å². The predicted molar refractivity (Wildman–Crippen MR) is 119 cm³/mol. The Morgan fingerprint density at radius 3 is 2.51 bits per heavy atom. The van der Waals surface area contributed by atoms with Crippen molar-refractivity contribution in [3.8, 4) is 5.75 Å². The fourth-order valence-corrected chi connectivity index (χ4v) is 4.91. The Balaban J connectivity index is 1.34. The summed E-state index contributed by atoms with van der Waals surface area (Å²) in [6, 6.07) is 4.78. The molecule has 1 aromatic carbocycles. The number of H-pyrrole nitrogens is 1. The zero-order valence-corrected chi connectivity index (χ0v) is 18.5. The van der Waals surface area contributed by atoms with Crippen LogP contribution in [0.1, 0.15) is 53.2 Å². The average Bonchev–Trinajstić information content (AvgIpc) is 3.04. The van der Waals surface area contributed by atoms with Crippen molar-refractivity contribution in [3.05, 3.63) is 53.1 Å². The van der Waals surface area contributed by atoms with Crippen LogP contribution in [-0.4, -0.2) is 46.1 Å². The van der Waals surface area contributed by atoms with E-state index < -0.39 is 17.9 Å². The Hall–Kier alpha value is -3.63. The quantitative estimate of drug-likeness (QED) is 0.512. The summed E-state index contributed by atoms with van der Waals surface area (Å²) >= 11 is 0. The molecule has 2 aliphatic heterocycles. The number of nitrogens with one attached hydrogen (secondary N) is 2. The van der Waals surface area contributed by atoms with Gasteiger partial charge in [-0.05, 0) is 55.9 Å². The van der Waals surface area contributed by atoms with Crippen molar-refractivity contribution in [1.29, 1.82) is 0 Å². The summed E-state index contributed by atoms with van der Waals surface area (Å²) in [5, 5.41) is 3.48. The Morgan fingerprint density at radius 2 is 1.83 bits per heavy atom. The molecule has 3 aromatic rings. The summed E-state index contributed by atoms with van der Waals surface area (Å²) < 4.78 is 56.0. The summed E-state index contributed by atoms with van der Waals surface area (Å²) in [5.41, 5.74) is 2.66. The molecule has 11 heteroatoms. The van der Waals surface area contributed by atoms with Crippen molar-refractivity contribution in [1.82, 2.24) is 14.9 Å².